The van der Waals surface area contributed by atoms with E-state index < -0.39 is 0 Å². The third-order valence-electron chi connectivity index (χ3n) is 3.53. The molecule has 1 N–H and O–H groups in total. The van der Waals surface area contributed by atoms with Gasteiger partial charge < -0.3 is 19.2 Å². The predicted octanol–water partition coefficient (Wildman–Crippen LogP) is 3.58. The number of hydrogen-bond donors (Lipinski definition) is 1. The fraction of sp³-hybridized carbons (Fsp3) is 0.412. The largest absolute Gasteiger partial charge is 0.497 e. The van der Waals surface area contributed by atoms with Gasteiger partial charge in [0, 0.05) is 24.1 Å². The summed E-state index contributed by atoms with van der Waals surface area (Å²) in [6, 6.07) is 10.2. The van der Waals surface area contributed by atoms with Gasteiger partial charge in [-0.15, -0.1) is 0 Å². The third-order valence-corrected chi connectivity index (χ3v) is 3.53. The minimum Gasteiger partial charge on any atom is -0.497 e. The Balaban J connectivity index is 2.06. The Morgan fingerprint density at radius 2 is 1.95 bits per heavy atom. The van der Waals surface area contributed by atoms with Crippen LogP contribution in [0, 0.1) is 0 Å². The van der Waals surface area contributed by atoms with E-state index in [1.54, 1.807) is 20.5 Å². The lowest BCUT2D eigenvalue weighted by Crippen LogP contribution is -2.30. The highest BCUT2D eigenvalue weighted by Gasteiger charge is 2.15. The summed E-state index contributed by atoms with van der Waals surface area (Å²) in [6.07, 6.45) is 2.56. The van der Waals surface area contributed by atoms with Gasteiger partial charge in [0.25, 0.3) is 0 Å². The average molecular weight is 289 g/mol. The van der Waals surface area contributed by atoms with Gasteiger partial charge >= 0.3 is 0 Å². The molecule has 1 aromatic heterocycles. The lowest BCUT2D eigenvalue weighted by Gasteiger charge is -2.22. The zero-order valence-electron chi connectivity index (χ0n) is 13.1. The Hall–Kier alpha value is -1.94. The molecule has 114 valence electrons. The number of rotatable bonds is 7. The Bertz CT molecular complexity index is 551. The summed E-state index contributed by atoms with van der Waals surface area (Å²) in [5.41, 5.74) is 1.09. The highest BCUT2D eigenvalue weighted by Crippen LogP contribution is 2.29. The molecule has 0 saturated carbocycles. The summed E-state index contributed by atoms with van der Waals surface area (Å²) in [6.45, 7) is 4.27. The Labute approximate surface area is 126 Å². The first-order valence-electron chi connectivity index (χ1n) is 7.14. The van der Waals surface area contributed by atoms with E-state index >= 15 is 0 Å². The van der Waals surface area contributed by atoms with Crippen molar-refractivity contribution >= 4 is 0 Å². The van der Waals surface area contributed by atoms with Crippen LogP contribution in [0.4, 0.5) is 0 Å². The number of ether oxygens (including phenoxy) is 2. The molecule has 0 saturated heterocycles. The standard InChI is InChI=1S/C17H23NO3/c1-12(10-15-6-5-9-21-15)18-13(2)16-11-14(19-3)7-8-17(16)20-4/h5-9,11-13,18H,10H2,1-4H3. The normalized spacial score (nSPS) is 13.7. The molecule has 0 aliphatic carbocycles. The second-order valence-corrected chi connectivity index (χ2v) is 5.18. The van der Waals surface area contributed by atoms with Crippen molar-refractivity contribution in [1.29, 1.82) is 0 Å². The molecule has 0 aliphatic heterocycles. The summed E-state index contributed by atoms with van der Waals surface area (Å²) in [4.78, 5) is 0. The Morgan fingerprint density at radius 1 is 1.14 bits per heavy atom. The van der Waals surface area contributed by atoms with E-state index in [0.29, 0.717) is 6.04 Å². The molecule has 1 heterocycles. The number of methoxy groups -OCH3 is 2. The zero-order valence-corrected chi connectivity index (χ0v) is 13.1. The minimum absolute atomic E-state index is 0.153. The van der Waals surface area contributed by atoms with Crippen LogP contribution in [0.1, 0.15) is 31.2 Å². The fourth-order valence-corrected chi connectivity index (χ4v) is 2.48. The second-order valence-electron chi connectivity index (χ2n) is 5.18. The van der Waals surface area contributed by atoms with Gasteiger partial charge in [-0.1, -0.05) is 0 Å². The average Bonchev–Trinajstić information content (AvgIpc) is 2.99. The van der Waals surface area contributed by atoms with Crippen molar-refractivity contribution in [3.63, 3.8) is 0 Å². The first kappa shape index (κ1) is 15.4. The molecule has 0 aliphatic rings. The van der Waals surface area contributed by atoms with Crippen LogP contribution in [-0.2, 0) is 6.42 Å². The molecular weight excluding hydrogens is 266 g/mol. The highest BCUT2D eigenvalue weighted by molar-refractivity contribution is 5.42. The van der Waals surface area contributed by atoms with E-state index in [1.165, 1.54) is 0 Å². The van der Waals surface area contributed by atoms with Crippen LogP contribution >= 0.6 is 0 Å². The summed E-state index contributed by atoms with van der Waals surface area (Å²) >= 11 is 0. The van der Waals surface area contributed by atoms with Gasteiger partial charge in [0.15, 0.2) is 0 Å². The molecule has 2 rings (SSSR count). The van der Waals surface area contributed by atoms with E-state index in [0.717, 1.165) is 29.2 Å². The van der Waals surface area contributed by atoms with Gasteiger partial charge in [0.05, 0.1) is 20.5 Å². The number of hydrogen-bond acceptors (Lipinski definition) is 4. The summed E-state index contributed by atoms with van der Waals surface area (Å²) in [5, 5.41) is 3.56. The Kier molecular flexibility index (Phi) is 5.28. The second kappa shape index (κ2) is 7.18. The molecule has 0 amide bonds. The van der Waals surface area contributed by atoms with E-state index in [2.05, 4.69) is 19.2 Å². The molecule has 2 unspecified atom stereocenters. The SMILES string of the molecule is COc1ccc(OC)c(C(C)NC(C)Cc2ccco2)c1. The number of nitrogens with one attached hydrogen (secondary N) is 1. The van der Waals surface area contributed by atoms with Crippen LogP contribution in [0.25, 0.3) is 0 Å². The van der Waals surface area contributed by atoms with Crippen LogP contribution in [0.2, 0.25) is 0 Å². The van der Waals surface area contributed by atoms with Gasteiger partial charge in [-0.25, -0.2) is 0 Å². The zero-order chi connectivity index (χ0) is 15.2. The predicted molar refractivity (Wildman–Crippen MR) is 83.0 cm³/mol. The van der Waals surface area contributed by atoms with Gasteiger partial charge in [-0.3, -0.25) is 0 Å². The lowest BCUT2D eigenvalue weighted by atomic mass is 10.0. The molecule has 21 heavy (non-hydrogen) atoms. The van der Waals surface area contributed by atoms with Crippen LogP contribution < -0.4 is 14.8 Å². The molecule has 0 fully saturated rings. The molecule has 0 spiro atoms. The monoisotopic (exact) mass is 289 g/mol. The number of benzene rings is 1. The van der Waals surface area contributed by atoms with Gasteiger partial charge in [0.1, 0.15) is 17.3 Å². The summed E-state index contributed by atoms with van der Waals surface area (Å²) in [5.74, 6) is 2.68. The lowest BCUT2D eigenvalue weighted by molar-refractivity contribution is 0.382. The first-order chi connectivity index (χ1) is 10.1. The Morgan fingerprint density at radius 3 is 2.57 bits per heavy atom. The van der Waals surface area contributed by atoms with Crippen LogP contribution in [0.15, 0.2) is 41.0 Å². The van der Waals surface area contributed by atoms with E-state index in [-0.39, 0.29) is 6.04 Å². The smallest absolute Gasteiger partial charge is 0.123 e. The molecule has 2 atom stereocenters. The molecular formula is C17H23NO3. The van der Waals surface area contributed by atoms with Crippen molar-refractivity contribution in [1.82, 2.24) is 5.32 Å². The first-order valence-corrected chi connectivity index (χ1v) is 7.14. The van der Waals surface area contributed by atoms with Gasteiger partial charge in [-0.2, -0.15) is 0 Å². The molecule has 4 heteroatoms. The van der Waals surface area contributed by atoms with Crippen molar-refractivity contribution in [2.24, 2.45) is 0 Å². The van der Waals surface area contributed by atoms with E-state index in [4.69, 9.17) is 13.9 Å². The molecule has 0 bridgehead atoms. The van der Waals surface area contributed by atoms with Crippen molar-refractivity contribution in [3.8, 4) is 11.5 Å². The molecule has 0 radical (unpaired) electrons. The molecule has 1 aromatic carbocycles. The molecule has 4 nitrogen and oxygen atoms in total. The van der Waals surface area contributed by atoms with Gasteiger partial charge in [0.2, 0.25) is 0 Å². The third kappa shape index (κ3) is 4.02. The van der Waals surface area contributed by atoms with Crippen LogP contribution in [0.5, 0.6) is 11.5 Å². The van der Waals surface area contributed by atoms with E-state index in [9.17, 15) is 0 Å². The van der Waals surface area contributed by atoms with Crippen molar-refractivity contribution in [3.05, 3.63) is 47.9 Å². The maximum Gasteiger partial charge on any atom is 0.123 e. The van der Waals surface area contributed by atoms with Crippen molar-refractivity contribution in [2.45, 2.75) is 32.4 Å². The quantitative estimate of drug-likeness (QED) is 0.846. The van der Waals surface area contributed by atoms with Crippen LogP contribution in [0.3, 0.4) is 0 Å². The van der Waals surface area contributed by atoms with Crippen molar-refractivity contribution < 1.29 is 13.9 Å². The molecule has 2 aromatic rings. The number of furan rings is 1. The summed E-state index contributed by atoms with van der Waals surface area (Å²) < 4.78 is 16.1. The maximum atomic E-state index is 5.44. The maximum absolute atomic E-state index is 5.44. The highest BCUT2D eigenvalue weighted by atomic mass is 16.5. The van der Waals surface area contributed by atoms with Crippen LogP contribution in [-0.4, -0.2) is 20.3 Å². The fourth-order valence-electron chi connectivity index (χ4n) is 2.48. The van der Waals surface area contributed by atoms with Gasteiger partial charge in [-0.05, 0) is 44.2 Å². The summed E-state index contributed by atoms with van der Waals surface area (Å²) in [7, 11) is 3.35. The topological polar surface area (TPSA) is 43.6 Å². The van der Waals surface area contributed by atoms with Crippen molar-refractivity contribution in [2.75, 3.05) is 14.2 Å². The van der Waals surface area contributed by atoms with E-state index in [1.807, 2.05) is 30.3 Å². The minimum atomic E-state index is 0.153.